The monoisotopic (exact) mass is 691 g/mol. The Hall–Kier alpha value is -2.92. The summed E-state index contributed by atoms with van der Waals surface area (Å²) in [6.07, 6.45) is 33.8. The largest absolute Gasteiger partial charge is 0.493 e. The Morgan fingerprint density at radius 3 is 1.49 bits per heavy atom. The van der Waals surface area contributed by atoms with Crippen LogP contribution in [0.2, 0.25) is 0 Å². The predicted molar refractivity (Wildman–Crippen MR) is 224 cm³/mol. The van der Waals surface area contributed by atoms with Crippen LogP contribution < -0.4 is 0 Å². The van der Waals surface area contributed by atoms with Gasteiger partial charge in [-0.1, -0.05) is 167 Å². The van der Waals surface area contributed by atoms with Gasteiger partial charge in [0.25, 0.3) is 0 Å². The van der Waals surface area contributed by atoms with Crippen molar-refractivity contribution in [2.75, 3.05) is 0 Å². The van der Waals surface area contributed by atoms with Gasteiger partial charge in [0, 0.05) is 35.1 Å². The molecule has 51 heavy (non-hydrogen) atoms. The van der Waals surface area contributed by atoms with Gasteiger partial charge in [-0.2, -0.15) is 0 Å². The van der Waals surface area contributed by atoms with Crippen LogP contribution in [0.15, 0.2) is 59.7 Å². The number of hydrogen-bond donors (Lipinski definition) is 0. The van der Waals surface area contributed by atoms with Crippen LogP contribution in [-0.4, -0.2) is 4.70 Å². The molecule has 0 saturated carbocycles. The zero-order valence-electron chi connectivity index (χ0n) is 33.6. The smallest absolute Gasteiger partial charge is 0.211 e. The van der Waals surface area contributed by atoms with Gasteiger partial charge in [-0.3, -0.25) is 0 Å². The molecule has 0 spiro atoms. The van der Waals surface area contributed by atoms with Gasteiger partial charge in [0.15, 0.2) is 0 Å². The Balaban J connectivity index is 1.52. The lowest BCUT2D eigenvalue weighted by Gasteiger charge is -2.13. The molecule has 3 rings (SSSR count). The molecule has 0 bridgehead atoms. The first kappa shape index (κ1) is 42.5. The minimum Gasteiger partial charge on any atom is -0.493 e. The third-order valence-corrected chi connectivity index (χ3v) is 10.8. The quantitative estimate of drug-likeness (QED) is 0.0482. The molecule has 0 atom stereocenters. The average molecular weight is 691 g/mol. The molecule has 1 heterocycles. The zero-order valence-corrected chi connectivity index (χ0v) is 33.6. The second kappa shape index (κ2) is 26.8. The second-order valence-corrected chi connectivity index (χ2v) is 15.2. The summed E-state index contributed by atoms with van der Waals surface area (Å²) in [5.74, 6) is 6.98. The molecule has 0 aliphatic carbocycles. The van der Waals surface area contributed by atoms with Crippen LogP contribution in [0.3, 0.4) is 0 Å². The van der Waals surface area contributed by atoms with Gasteiger partial charge in [0.2, 0.25) is 11.4 Å². The molecular formula is C49H74N2. The fraction of sp³-hybridized carbons (Fsp3) is 0.633. The molecule has 2 heteroatoms. The number of nitrogens with zero attached hydrogens (tertiary/aromatic N) is 2. The minimum absolute atomic E-state index is 0.862. The van der Waals surface area contributed by atoms with E-state index in [-0.39, 0.29) is 0 Å². The van der Waals surface area contributed by atoms with Crippen molar-refractivity contribution in [1.82, 2.24) is 0 Å². The average Bonchev–Trinajstić information content (AvgIpc) is 3.43. The highest BCUT2D eigenvalue weighted by atomic mass is 15.2. The fourth-order valence-electron chi connectivity index (χ4n) is 7.61. The van der Waals surface area contributed by atoms with Gasteiger partial charge in [-0.25, -0.2) is 4.70 Å². The number of hydrogen-bond acceptors (Lipinski definition) is 0. The molecule has 1 aliphatic rings. The van der Waals surface area contributed by atoms with Crippen molar-refractivity contribution in [3.63, 3.8) is 0 Å². The van der Waals surface area contributed by atoms with E-state index in [2.05, 4.69) is 88.1 Å². The maximum Gasteiger partial charge on any atom is 0.211 e. The van der Waals surface area contributed by atoms with Crippen molar-refractivity contribution >= 4 is 11.4 Å². The molecular weight excluding hydrogens is 617 g/mol. The lowest BCUT2D eigenvalue weighted by atomic mass is 9.90. The van der Waals surface area contributed by atoms with Crippen molar-refractivity contribution in [1.29, 1.82) is 0 Å². The van der Waals surface area contributed by atoms with Crippen molar-refractivity contribution in [2.24, 2.45) is 0 Å². The number of aryl methyl sites for hydroxylation is 2. The van der Waals surface area contributed by atoms with Gasteiger partial charge in [-0.05, 0) is 80.7 Å². The lowest BCUT2D eigenvalue weighted by Crippen LogP contribution is -2.05. The van der Waals surface area contributed by atoms with E-state index in [4.69, 9.17) is 0 Å². The van der Waals surface area contributed by atoms with E-state index in [1.54, 1.807) is 4.70 Å². The Bertz CT molecular complexity index is 1380. The highest BCUT2D eigenvalue weighted by Gasteiger charge is 2.35. The minimum atomic E-state index is 0.862. The van der Waals surface area contributed by atoms with Crippen LogP contribution in [0.1, 0.15) is 210 Å². The van der Waals surface area contributed by atoms with Gasteiger partial charge < -0.3 is 5.53 Å². The van der Waals surface area contributed by atoms with Crippen LogP contribution in [0.5, 0.6) is 0 Å². The van der Waals surface area contributed by atoms with Crippen molar-refractivity contribution < 1.29 is 4.70 Å². The summed E-state index contributed by atoms with van der Waals surface area (Å²) < 4.78 is 1.55. The van der Waals surface area contributed by atoms with Gasteiger partial charge in [0.1, 0.15) is 0 Å². The van der Waals surface area contributed by atoms with Gasteiger partial charge in [-0.15, -0.1) is 11.8 Å². The normalized spacial score (nSPS) is 13.0. The molecule has 0 fully saturated rings. The van der Waals surface area contributed by atoms with Gasteiger partial charge >= 0.3 is 0 Å². The molecule has 280 valence electrons. The third-order valence-electron chi connectivity index (χ3n) is 10.8. The third kappa shape index (κ3) is 15.3. The molecule has 0 unspecified atom stereocenters. The number of benzene rings is 2. The van der Waals surface area contributed by atoms with Crippen LogP contribution >= 0.6 is 0 Å². The zero-order chi connectivity index (χ0) is 36.4. The Kier molecular flexibility index (Phi) is 22.3. The molecule has 2 aromatic carbocycles. The van der Waals surface area contributed by atoms with Crippen LogP contribution in [0.25, 0.3) is 16.9 Å². The maximum absolute atomic E-state index is 12.1. The molecule has 0 radical (unpaired) electrons. The Morgan fingerprint density at radius 2 is 0.922 bits per heavy atom. The number of unbranched alkanes of at least 4 members (excludes halogenated alkanes) is 18. The number of rotatable bonds is 28. The van der Waals surface area contributed by atoms with Crippen molar-refractivity contribution in [3.8, 4) is 11.8 Å². The van der Waals surface area contributed by atoms with E-state index in [0.29, 0.717) is 0 Å². The fourth-order valence-corrected chi connectivity index (χ4v) is 7.61. The first-order chi connectivity index (χ1) is 25.2. The van der Waals surface area contributed by atoms with Crippen molar-refractivity contribution in [2.45, 2.75) is 201 Å². The van der Waals surface area contributed by atoms with E-state index in [1.807, 2.05) is 0 Å². The molecule has 1 aliphatic heterocycles. The van der Waals surface area contributed by atoms with E-state index in [9.17, 15) is 5.53 Å². The Morgan fingerprint density at radius 1 is 0.451 bits per heavy atom. The second-order valence-electron chi connectivity index (χ2n) is 15.2. The lowest BCUT2D eigenvalue weighted by molar-refractivity contribution is -0.345. The van der Waals surface area contributed by atoms with Crippen LogP contribution in [0.4, 0.5) is 0 Å². The molecule has 0 aromatic heterocycles. The summed E-state index contributed by atoms with van der Waals surface area (Å²) in [5, 5.41) is 0. The number of allylic oxidation sites excluding steroid dienone is 2. The summed E-state index contributed by atoms with van der Waals surface area (Å²) in [7, 11) is 0. The molecule has 0 N–H and O–H groups in total. The highest BCUT2D eigenvalue weighted by molar-refractivity contribution is 5.82. The summed E-state index contributed by atoms with van der Waals surface area (Å²) >= 11 is 0. The topological polar surface area (TPSA) is 25.3 Å². The van der Waals surface area contributed by atoms with E-state index in [0.717, 1.165) is 81.2 Å². The first-order valence-corrected chi connectivity index (χ1v) is 21.7. The molecule has 2 aromatic rings. The SMILES string of the molecule is CCCCCCCCCCCCCCCCCC#CCCc1ccccc1C1=C(CCCC)C(CCCC)=C(c2ccc(CCCC)cc2)[N+]1=[N-]. The maximum atomic E-state index is 12.1. The summed E-state index contributed by atoms with van der Waals surface area (Å²) in [6.45, 7) is 9.08. The standard InChI is InChI=1S/C49H74N2/c1-5-9-13-14-15-16-17-18-19-20-21-22-23-24-25-26-27-28-29-33-43-34-30-31-37-45(43)49-47(36-12-8-4)46(35-11-7-3)48(51(49)50)44-40-38-42(39-41-44)32-10-6-2/h30-31,34,37-41H,5-26,29,32-33,35-36H2,1-4H3. The molecule has 2 nitrogen and oxygen atoms in total. The van der Waals surface area contributed by atoms with E-state index < -0.39 is 0 Å². The van der Waals surface area contributed by atoms with Crippen LogP contribution in [-0.2, 0) is 12.8 Å². The van der Waals surface area contributed by atoms with Gasteiger partial charge in [0.05, 0.1) is 0 Å². The van der Waals surface area contributed by atoms with Crippen LogP contribution in [0, 0.1) is 11.8 Å². The van der Waals surface area contributed by atoms with E-state index >= 15 is 0 Å². The molecule has 0 amide bonds. The summed E-state index contributed by atoms with van der Waals surface area (Å²) in [5.41, 5.74) is 21.7. The molecule has 0 saturated heterocycles. The predicted octanol–water partition coefficient (Wildman–Crippen LogP) is 15.8. The Labute approximate surface area is 315 Å². The van der Waals surface area contributed by atoms with Crippen molar-refractivity contribution in [3.05, 3.63) is 87.5 Å². The van der Waals surface area contributed by atoms with E-state index in [1.165, 1.54) is 137 Å². The summed E-state index contributed by atoms with van der Waals surface area (Å²) in [4.78, 5) is 0. The summed E-state index contributed by atoms with van der Waals surface area (Å²) in [6, 6.07) is 17.7. The first-order valence-electron chi connectivity index (χ1n) is 21.7. The highest BCUT2D eigenvalue weighted by Crippen LogP contribution is 2.45.